The van der Waals surface area contributed by atoms with Crippen LogP contribution in [-0.4, -0.2) is 32.7 Å². The summed E-state index contributed by atoms with van der Waals surface area (Å²) in [5.74, 6) is 0.0763. The van der Waals surface area contributed by atoms with Crippen LogP contribution in [-0.2, 0) is 14.8 Å². The van der Waals surface area contributed by atoms with E-state index in [2.05, 4.69) is 5.32 Å². The zero-order valence-corrected chi connectivity index (χ0v) is 19.7. The molecule has 1 amide bonds. The van der Waals surface area contributed by atoms with Gasteiger partial charge in [-0.3, -0.25) is 9.10 Å². The van der Waals surface area contributed by atoms with E-state index >= 15 is 0 Å². The minimum atomic E-state index is -3.68. The van der Waals surface area contributed by atoms with Gasteiger partial charge in [0, 0.05) is 24.9 Å². The molecule has 2 aromatic rings. The van der Waals surface area contributed by atoms with E-state index in [0.29, 0.717) is 0 Å². The van der Waals surface area contributed by atoms with Crippen LogP contribution in [0.1, 0.15) is 63.0 Å². The second-order valence-electron chi connectivity index (χ2n) is 9.10. The van der Waals surface area contributed by atoms with Crippen LogP contribution >= 0.6 is 0 Å². The molecule has 1 unspecified atom stereocenters. The molecule has 0 aromatic heterocycles. The molecule has 1 N–H and O–H groups in total. The lowest BCUT2D eigenvalue weighted by atomic mass is 9.77. The van der Waals surface area contributed by atoms with Crippen molar-refractivity contribution in [3.8, 4) is 5.75 Å². The van der Waals surface area contributed by atoms with Crippen molar-refractivity contribution < 1.29 is 22.3 Å². The van der Waals surface area contributed by atoms with Gasteiger partial charge in [0.25, 0.3) is 0 Å². The quantitative estimate of drug-likeness (QED) is 0.630. The van der Waals surface area contributed by atoms with Crippen LogP contribution in [0.2, 0.25) is 0 Å². The van der Waals surface area contributed by atoms with Gasteiger partial charge in [-0.05, 0) is 50.3 Å². The van der Waals surface area contributed by atoms with Gasteiger partial charge in [0.2, 0.25) is 15.9 Å². The lowest BCUT2D eigenvalue weighted by Gasteiger charge is -2.44. The van der Waals surface area contributed by atoms with Crippen LogP contribution in [0, 0.1) is 5.82 Å². The standard InChI is InChI=1S/C25H31FN2O4S/c1-33(30,31)28(22-12-5-4-11-20(22)26)17-9-14-24(29)27-21-18-25(15-7-2-8-16-25)32-23-13-6-3-10-19(21)23/h3-6,10-13,21H,2,7-9,14-18H2,1H3,(H,27,29). The Morgan fingerprint density at radius 2 is 1.82 bits per heavy atom. The highest BCUT2D eigenvalue weighted by atomic mass is 32.2. The van der Waals surface area contributed by atoms with Gasteiger partial charge < -0.3 is 10.1 Å². The van der Waals surface area contributed by atoms with Crippen molar-refractivity contribution in [1.82, 2.24) is 5.32 Å². The maximum Gasteiger partial charge on any atom is 0.232 e. The van der Waals surface area contributed by atoms with Crippen LogP contribution in [0.5, 0.6) is 5.75 Å². The van der Waals surface area contributed by atoms with E-state index in [4.69, 9.17) is 4.74 Å². The Morgan fingerprint density at radius 3 is 2.55 bits per heavy atom. The van der Waals surface area contributed by atoms with E-state index < -0.39 is 15.8 Å². The lowest BCUT2D eigenvalue weighted by Crippen LogP contribution is -2.46. The molecule has 1 atom stereocenters. The summed E-state index contributed by atoms with van der Waals surface area (Å²) in [5, 5.41) is 3.15. The third kappa shape index (κ3) is 5.49. The number of carbonyl (C=O) groups excluding carboxylic acids is 1. The first-order chi connectivity index (χ1) is 15.8. The Labute approximate surface area is 195 Å². The molecule has 2 aromatic carbocycles. The summed E-state index contributed by atoms with van der Waals surface area (Å²) in [6.07, 6.45) is 7.64. The minimum absolute atomic E-state index is 0.00185. The number of benzene rings is 2. The zero-order valence-electron chi connectivity index (χ0n) is 18.9. The molecule has 1 heterocycles. The van der Waals surface area contributed by atoms with E-state index in [0.717, 1.165) is 54.0 Å². The van der Waals surface area contributed by atoms with Crippen molar-refractivity contribution in [3.05, 3.63) is 59.9 Å². The topological polar surface area (TPSA) is 75.7 Å². The molecule has 178 valence electrons. The molecule has 8 heteroatoms. The Bertz CT molecular complexity index is 1100. The van der Waals surface area contributed by atoms with Crippen molar-refractivity contribution >= 4 is 21.6 Å². The molecule has 33 heavy (non-hydrogen) atoms. The highest BCUT2D eigenvalue weighted by Crippen LogP contribution is 2.46. The third-order valence-corrected chi connectivity index (χ3v) is 7.76. The molecular weight excluding hydrogens is 443 g/mol. The number of anilines is 1. The number of nitrogens with one attached hydrogen (secondary N) is 1. The molecule has 1 spiro atoms. The summed E-state index contributed by atoms with van der Waals surface area (Å²) in [6, 6.07) is 13.5. The van der Waals surface area contributed by atoms with Crippen molar-refractivity contribution in [2.45, 2.75) is 63.0 Å². The Balaban J connectivity index is 1.41. The molecule has 1 aliphatic carbocycles. The molecule has 1 saturated carbocycles. The van der Waals surface area contributed by atoms with Crippen molar-refractivity contribution in [2.24, 2.45) is 0 Å². The number of hydrogen-bond acceptors (Lipinski definition) is 4. The normalized spacial score (nSPS) is 19.4. The summed E-state index contributed by atoms with van der Waals surface area (Å²) < 4.78 is 46.1. The number of ether oxygens (including phenoxy) is 1. The van der Waals surface area contributed by atoms with E-state index in [1.54, 1.807) is 6.07 Å². The van der Waals surface area contributed by atoms with Gasteiger partial charge in [0.05, 0.1) is 18.0 Å². The maximum absolute atomic E-state index is 14.2. The summed E-state index contributed by atoms with van der Waals surface area (Å²) in [4.78, 5) is 12.8. The Kier molecular flexibility index (Phi) is 6.93. The molecular formula is C25H31FN2O4S. The van der Waals surface area contributed by atoms with Gasteiger partial charge in [-0.25, -0.2) is 12.8 Å². The Hall–Kier alpha value is -2.61. The van der Waals surface area contributed by atoms with Gasteiger partial charge in [-0.1, -0.05) is 36.8 Å². The zero-order chi connectivity index (χ0) is 23.5. The van der Waals surface area contributed by atoms with Crippen LogP contribution < -0.4 is 14.4 Å². The van der Waals surface area contributed by atoms with Crippen LogP contribution in [0.25, 0.3) is 0 Å². The predicted molar refractivity (Wildman–Crippen MR) is 126 cm³/mol. The summed E-state index contributed by atoms with van der Waals surface area (Å²) >= 11 is 0. The predicted octanol–water partition coefficient (Wildman–Crippen LogP) is 4.71. The molecule has 6 nitrogen and oxygen atoms in total. The first kappa shape index (κ1) is 23.5. The number of fused-ring (bicyclic) bond motifs is 1. The molecule has 4 rings (SSSR count). The van der Waals surface area contributed by atoms with Gasteiger partial charge in [0.1, 0.15) is 17.2 Å². The van der Waals surface area contributed by atoms with Gasteiger partial charge >= 0.3 is 0 Å². The molecule has 2 aliphatic rings. The molecule has 0 radical (unpaired) electrons. The fourth-order valence-electron chi connectivity index (χ4n) is 5.02. The monoisotopic (exact) mass is 474 g/mol. The smallest absolute Gasteiger partial charge is 0.232 e. The number of carbonyl (C=O) groups is 1. The summed E-state index contributed by atoms with van der Waals surface area (Å²) in [7, 11) is -3.68. The second-order valence-corrected chi connectivity index (χ2v) is 11.0. The third-order valence-electron chi connectivity index (χ3n) is 6.58. The molecule has 0 bridgehead atoms. The van der Waals surface area contributed by atoms with E-state index in [-0.39, 0.29) is 42.6 Å². The number of halogens is 1. The summed E-state index contributed by atoms with van der Waals surface area (Å²) in [6.45, 7) is 0.0293. The SMILES string of the molecule is CS(=O)(=O)N(CCCC(=O)NC1CC2(CCCCC2)Oc2ccccc21)c1ccccc1F. The number of sulfonamides is 1. The first-order valence-electron chi connectivity index (χ1n) is 11.6. The van der Waals surface area contributed by atoms with Gasteiger partial charge in [-0.2, -0.15) is 0 Å². The van der Waals surface area contributed by atoms with Gasteiger partial charge in [-0.15, -0.1) is 0 Å². The fraction of sp³-hybridized carbons (Fsp3) is 0.480. The second kappa shape index (κ2) is 9.71. The number of rotatable bonds is 7. The molecule has 1 fully saturated rings. The molecule has 0 saturated heterocycles. The van der Waals surface area contributed by atoms with Gasteiger partial charge in [0.15, 0.2) is 0 Å². The Morgan fingerprint density at radius 1 is 1.12 bits per heavy atom. The maximum atomic E-state index is 14.2. The number of amides is 1. The van der Waals surface area contributed by atoms with E-state index in [1.165, 1.54) is 24.6 Å². The highest BCUT2D eigenvalue weighted by molar-refractivity contribution is 7.92. The van der Waals surface area contributed by atoms with Crippen LogP contribution in [0.15, 0.2) is 48.5 Å². The average molecular weight is 475 g/mol. The van der Waals surface area contributed by atoms with Crippen LogP contribution in [0.4, 0.5) is 10.1 Å². The van der Waals surface area contributed by atoms with Crippen molar-refractivity contribution in [2.75, 3.05) is 17.1 Å². The van der Waals surface area contributed by atoms with Crippen molar-refractivity contribution in [3.63, 3.8) is 0 Å². The van der Waals surface area contributed by atoms with E-state index in [1.807, 2.05) is 24.3 Å². The fourth-order valence-corrected chi connectivity index (χ4v) is 5.98. The number of hydrogen-bond donors (Lipinski definition) is 1. The first-order valence-corrected chi connectivity index (χ1v) is 13.4. The molecule has 1 aliphatic heterocycles. The van der Waals surface area contributed by atoms with E-state index in [9.17, 15) is 17.6 Å². The highest BCUT2D eigenvalue weighted by Gasteiger charge is 2.42. The van der Waals surface area contributed by atoms with Crippen LogP contribution in [0.3, 0.4) is 0 Å². The largest absolute Gasteiger partial charge is 0.487 e. The number of para-hydroxylation sites is 2. The number of nitrogens with zero attached hydrogens (tertiary/aromatic N) is 1. The minimum Gasteiger partial charge on any atom is -0.487 e. The summed E-state index contributed by atoms with van der Waals surface area (Å²) in [5.41, 5.74) is 0.742. The average Bonchev–Trinajstić information content (AvgIpc) is 2.77. The lowest BCUT2D eigenvalue weighted by molar-refractivity contribution is -0.122. The van der Waals surface area contributed by atoms with Crippen molar-refractivity contribution in [1.29, 1.82) is 0 Å².